The number of hydrogen-bond acceptors (Lipinski definition) is 6. The van der Waals surface area contributed by atoms with Crippen molar-refractivity contribution in [3.05, 3.63) is 129 Å². The van der Waals surface area contributed by atoms with Gasteiger partial charge in [0.05, 0.1) is 30.3 Å². The van der Waals surface area contributed by atoms with Crippen molar-refractivity contribution in [3.8, 4) is 11.1 Å². The van der Waals surface area contributed by atoms with E-state index in [1.54, 1.807) is 51.8 Å². The zero-order chi connectivity index (χ0) is 27.1. The Bertz CT molecular complexity index is 1860. The molecule has 3 aromatic heterocycles. The van der Waals surface area contributed by atoms with Crippen molar-refractivity contribution in [1.82, 2.24) is 34.3 Å². The normalized spacial score (nSPS) is 13.0. The first-order valence-electron chi connectivity index (χ1n) is 12.2. The second kappa shape index (κ2) is 9.61. The van der Waals surface area contributed by atoms with Gasteiger partial charge in [-0.25, -0.2) is 9.67 Å². The maximum Gasteiger partial charge on any atom is 0.251 e. The molecule has 0 saturated carbocycles. The lowest BCUT2D eigenvalue weighted by Gasteiger charge is -2.30. The lowest BCUT2D eigenvalue weighted by atomic mass is 9.82. The lowest BCUT2D eigenvalue weighted by molar-refractivity contribution is 0.117. The third-order valence-electron chi connectivity index (χ3n) is 7.09. The number of nitrogens with zero attached hydrogens (tertiary/aromatic N) is 7. The number of tetrazole rings is 1. The molecule has 0 radical (unpaired) electrons. The Hall–Kier alpha value is -4.60. The van der Waals surface area contributed by atoms with Gasteiger partial charge in [0, 0.05) is 30.6 Å². The van der Waals surface area contributed by atoms with E-state index in [1.165, 1.54) is 0 Å². The molecule has 0 fully saturated rings. The van der Waals surface area contributed by atoms with Gasteiger partial charge in [0.2, 0.25) is 0 Å². The van der Waals surface area contributed by atoms with Crippen molar-refractivity contribution in [2.45, 2.75) is 12.1 Å². The summed E-state index contributed by atoms with van der Waals surface area (Å²) in [5, 5.41) is 25.2. The van der Waals surface area contributed by atoms with Gasteiger partial charge in [0.15, 0.2) is 5.60 Å². The van der Waals surface area contributed by atoms with Crippen LogP contribution in [0.3, 0.4) is 0 Å². The molecule has 0 aliphatic heterocycles. The number of hydrogen-bond donors (Lipinski definition) is 1. The standard InChI is InChI=1S/C29H24ClN7O2/c1-35-17-31-15-27(35)29(39,21-8-6-19(7-9-21)16-37-18-32-33-34-37)22-10-11-26-25(13-22)24(14-28(38)36(26)2)20-4-3-5-23(30)12-20/h3-15,17-18,39H,16H2,1-2H3. The summed E-state index contributed by atoms with van der Waals surface area (Å²) < 4.78 is 5.04. The van der Waals surface area contributed by atoms with E-state index in [9.17, 15) is 9.90 Å². The SMILES string of the molecule is Cn1cncc1C(O)(c1ccc(Cn2cnnn2)cc1)c1ccc2c(c1)c(-c1cccc(Cl)c1)cc(=O)n2C. The molecule has 6 rings (SSSR count). The number of fused-ring (bicyclic) bond motifs is 1. The van der Waals surface area contributed by atoms with E-state index >= 15 is 0 Å². The van der Waals surface area contributed by atoms with Crippen LogP contribution in [0, 0.1) is 0 Å². The van der Waals surface area contributed by atoms with Gasteiger partial charge < -0.3 is 14.2 Å². The van der Waals surface area contributed by atoms with Crippen LogP contribution < -0.4 is 5.56 Å². The number of aromatic nitrogens is 7. The summed E-state index contributed by atoms with van der Waals surface area (Å²) >= 11 is 6.30. The molecule has 1 atom stereocenters. The van der Waals surface area contributed by atoms with E-state index in [2.05, 4.69) is 20.5 Å². The monoisotopic (exact) mass is 537 g/mol. The van der Waals surface area contributed by atoms with Crippen LogP contribution >= 0.6 is 11.6 Å². The molecule has 0 aliphatic rings. The van der Waals surface area contributed by atoms with Gasteiger partial charge in [-0.3, -0.25) is 4.79 Å². The van der Waals surface area contributed by atoms with Crippen LogP contribution in [0.25, 0.3) is 22.0 Å². The Kier molecular flexibility index (Phi) is 6.09. The van der Waals surface area contributed by atoms with Crippen LogP contribution in [-0.4, -0.2) is 39.4 Å². The second-order valence-electron chi connectivity index (χ2n) is 9.50. The first-order valence-corrected chi connectivity index (χ1v) is 12.6. The van der Waals surface area contributed by atoms with Crippen LogP contribution in [0.2, 0.25) is 5.02 Å². The summed E-state index contributed by atoms with van der Waals surface area (Å²) in [4.78, 5) is 17.1. The topological polar surface area (TPSA) is 104 Å². The van der Waals surface area contributed by atoms with Crippen molar-refractivity contribution < 1.29 is 5.11 Å². The molecule has 6 aromatic rings. The number of pyridine rings is 1. The van der Waals surface area contributed by atoms with Gasteiger partial charge in [-0.2, -0.15) is 0 Å². The van der Waals surface area contributed by atoms with E-state index in [0.29, 0.717) is 28.4 Å². The molecule has 0 saturated heterocycles. The summed E-state index contributed by atoms with van der Waals surface area (Å²) in [6.45, 7) is 0.504. The number of aryl methyl sites for hydroxylation is 2. The van der Waals surface area contributed by atoms with Gasteiger partial charge >= 0.3 is 0 Å². The molecule has 0 bridgehead atoms. The Morgan fingerprint density at radius 2 is 1.74 bits per heavy atom. The highest BCUT2D eigenvalue weighted by Crippen LogP contribution is 2.39. The van der Waals surface area contributed by atoms with Crippen LogP contribution in [0.1, 0.15) is 22.4 Å². The quantitative estimate of drug-likeness (QED) is 0.345. The minimum absolute atomic E-state index is 0.134. The molecule has 3 heterocycles. The molecule has 194 valence electrons. The van der Waals surface area contributed by atoms with E-state index in [-0.39, 0.29) is 5.56 Å². The number of halogens is 1. The molecule has 0 spiro atoms. The molecular weight excluding hydrogens is 514 g/mol. The molecule has 10 heteroatoms. The van der Waals surface area contributed by atoms with Crippen molar-refractivity contribution in [2.75, 3.05) is 0 Å². The first kappa shape index (κ1) is 24.7. The van der Waals surface area contributed by atoms with Gasteiger partial charge in [0.25, 0.3) is 5.56 Å². The maximum absolute atomic E-state index is 12.8. The predicted octanol–water partition coefficient (Wildman–Crippen LogP) is 3.91. The highest BCUT2D eigenvalue weighted by atomic mass is 35.5. The lowest BCUT2D eigenvalue weighted by Crippen LogP contribution is -2.31. The van der Waals surface area contributed by atoms with E-state index in [0.717, 1.165) is 27.6 Å². The average molecular weight is 538 g/mol. The Morgan fingerprint density at radius 3 is 2.44 bits per heavy atom. The Balaban J connectivity index is 1.55. The average Bonchev–Trinajstić information content (AvgIpc) is 3.62. The minimum Gasteiger partial charge on any atom is -0.374 e. The maximum atomic E-state index is 12.8. The summed E-state index contributed by atoms with van der Waals surface area (Å²) in [5.74, 6) is 0. The third-order valence-corrected chi connectivity index (χ3v) is 7.33. The summed E-state index contributed by atoms with van der Waals surface area (Å²) in [6.07, 6.45) is 4.88. The molecular formula is C29H24ClN7O2. The molecule has 0 aliphatic carbocycles. The smallest absolute Gasteiger partial charge is 0.251 e. The zero-order valence-corrected chi connectivity index (χ0v) is 22.0. The molecule has 9 nitrogen and oxygen atoms in total. The van der Waals surface area contributed by atoms with Crippen LogP contribution in [0.5, 0.6) is 0 Å². The minimum atomic E-state index is -1.53. The van der Waals surface area contributed by atoms with Gasteiger partial charge in [0.1, 0.15) is 6.33 Å². The molecule has 1 N–H and O–H groups in total. The summed E-state index contributed by atoms with van der Waals surface area (Å²) in [7, 11) is 3.59. The molecule has 1 unspecified atom stereocenters. The fourth-order valence-corrected chi connectivity index (χ4v) is 5.23. The Labute approximate surface area is 228 Å². The summed E-state index contributed by atoms with van der Waals surface area (Å²) in [6, 6.07) is 22.4. The van der Waals surface area contributed by atoms with Gasteiger partial charge in [-0.05, 0) is 62.5 Å². The molecule has 3 aromatic carbocycles. The van der Waals surface area contributed by atoms with Gasteiger partial charge in [-0.1, -0.05) is 54.1 Å². The zero-order valence-electron chi connectivity index (χ0n) is 21.2. The number of imidazole rings is 1. The third kappa shape index (κ3) is 4.31. The number of rotatable bonds is 6. The second-order valence-corrected chi connectivity index (χ2v) is 9.94. The highest BCUT2D eigenvalue weighted by Gasteiger charge is 2.37. The Morgan fingerprint density at radius 1 is 0.949 bits per heavy atom. The van der Waals surface area contributed by atoms with Crippen LogP contribution in [0.15, 0.2) is 96.4 Å². The fraction of sp³-hybridized carbons (Fsp3) is 0.138. The van der Waals surface area contributed by atoms with E-state index in [4.69, 9.17) is 11.6 Å². The molecule has 39 heavy (non-hydrogen) atoms. The van der Waals surface area contributed by atoms with Crippen molar-refractivity contribution >= 4 is 22.5 Å². The predicted molar refractivity (Wildman–Crippen MR) is 148 cm³/mol. The highest BCUT2D eigenvalue weighted by molar-refractivity contribution is 6.30. The van der Waals surface area contributed by atoms with Crippen molar-refractivity contribution in [2.24, 2.45) is 14.1 Å². The van der Waals surface area contributed by atoms with Crippen LogP contribution in [0.4, 0.5) is 0 Å². The first-order chi connectivity index (χ1) is 18.8. The van der Waals surface area contributed by atoms with E-state index < -0.39 is 5.60 Å². The van der Waals surface area contributed by atoms with Gasteiger partial charge in [-0.15, -0.1) is 5.10 Å². The molecule has 0 amide bonds. The van der Waals surface area contributed by atoms with Crippen molar-refractivity contribution in [3.63, 3.8) is 0 Å². The number of benzene rings is 3. The number of aliphatic hydroxyl groups is 1. The largest absolute Gasteiger partial charge is 0.374 e. The van der Waals surface area contributed by atoms with Crippen molar-refractivity contribution in [1.29, 1.82) is 0 Å². The van der Waals surface area contributed by atoms with Crippen LogP contribution in [-0.2, 0) is 26.2 Å². The fourth-order valence-electron chi connectivity index (χ4n) is 5.04. The summed E-state index contributed by atoms with van der Waals surface area (Å²) in [5.41, 5.74) is 3.51. The van der Waals surface area contributed by atoms with E-state index in [1.807, 2.05) is 67.7 Å².